The lowest BCUT2D eigenvalue weighted by atomic mass is 10.1. The van der Waals surface area contributed by atoms with E-state index in [1.165, 1.54) is 13.3 Å². The summed E-state index contributed by atoms with van der Waals surface area (Å²) >= 11 is 0.939. The number of nitrogens with zero attached hydrogens (tertiary/aromatic N) is 2. The third kappa shape index (κ3) is 3.24. The molecule has 2 heterocycles. The molecule has 0 saturated carbocycles. The monoisotopic (exact) mass is 336 g/mol. The first kappa shape index (κ1) is 16.7. The minimum Gasteiger partial charge on any atom is -0.465 e. The van der Waals surface area contributed by atoms with Crippen LogP contribution < -0.4 is 11.1 Å². The van der Waals surface area contributed by atoms with Crippen LogP contribution in [0.2, 0.25) is 0 Å². The summed E-state index contributed by atoms with van der Waals surface area (Å²) in [5.74, 6) is -1.75. The number of hydrogen-bond donors (Lipinski definition) is 2. The molecule has 23 heavy (non-hydrogen) atoms. The van der Waals surface area contributed by atoms with Crippen LogP contribution >= 0.6 is 11.3 Å². The maximum absolute atomic E-state index is 12.3. The van der Waals surface area contributed by atoms with Crippen LogP contribution in [0.15, 0.2) is 12.4 Å². The van der Waals surface area contributed by atoms with Crippen molar-refractivity contribution < 1.29 is 19.1 Å². The minimum atomic E-state index is -0.669. The number of primary amides is 1. The van der Waals surface area contributed by atoms with Crippen molar-refractivity contribution in [1.29, 1.82) is 0 Å². The highest BCUT2D eigenvalue weighted by Gasteiger charge is 2.25. The van der Waals surface area contributed by atoms with Gasteiger partial charge in [-0.3, -0.25) is 14.3 Å². The lowest BCUT2D eigenvalue weighted by Crippen LogP contribution is -2.14. The zero-order valence-electron chi connectivity index (χ0n) is 12.9. The smallest absolute Gasteiger partial charge is 0.341 e. The van der Waals surface area contributed by atoms with Crippen molar-refractivity contribution in [2.75, 3.05) is 12.4 Å². The van der Waals surface area contributed by atoms with E-state index in [1.54, 1.807) is 17.8 Å². The fourth-order valence-corrected chi connectivity index (χ4v) is 3.06. The number of ether oxygens (including phenoxy) is 1. The van der Waals surface area contributed by atoms with Crippen LogP contribution in [0.5, 0.6) is 0 Å². The van der Waals surface area contributed by atoms with E-state index in [9.17, 15) is 14.4 Å². The summed E-state index contributed by atoms with van der Waals surface area (Å²) in [6, 6.07) is 0. The Morgan fingerprint density at radius 1 is 1.43 bits per heavy atom. The number of anilines is 1. The Labute approximate surface area is 136 Å². The summed E-state index contributed by atoms with van der Waals surface area (Å²) in [4.78, 5) is 35.8. The molecule has 2 amide bonds. The number of esters is 1. The second kappa shape index (κ2) is 6.61. The van der Waals surface area contributed by atoms with E-state index in [2.05, 4.69) is 10.4 Å². The van der Waals surface area contributed by atoms with E-state index in [0.717, 1.165) is 11.3 Å². The number of nitrogens with two attached hydrogens (primary N) is 1. The van der Waals surface area contributed by atoms with Gasteiger partial charge in [0.05, 0.1) is 29.3 Å². The molecule has 2 aromatic rings. The zero-order valence-corrected chi connectivity index (χ0v) is 13.7. The van der Waals surface area contributed by atoms with Gasteiger partial charge in [-0.2, -0.15) is 5.10 Å². The second-order valence-corrected chi connectivity index (χ2v) is 5.68. The quantitative estimate of drug-likeness (QED) is 0.801. The summed E-state index contributed by atoms with van der Waals surface area (Å²) in [6.07, 6.45) is 3.01. The van der Waals surface area contributed by atoms with Gasteiger partial charge in [-0.1, -0.05) is 0 Å². The molecule has 122 valence electrons. The Kier molecular flexibility index (Phi) is 4.80. The van der Waals surface area contributed by atoms with Crippen molar-refractivity contribution in [2.24, 2.45) is 5.73 Å². The molecule has 9 heteroatoms. The van der Waals surface area contributed by atoms with Crippen LogP contribution in [0, 0.1) is 6.92 Å². The van der Waals surface area contributed by atoms with Gasteiger partial charge in [0.15, 0.2) is 0 Å². The van der Waals surface area contributed by atoms with Gasteiger partial charge in [0.2, 0.25) is 0 Å². The van der Waals surface area contributed by atoms with E-state index < -0.39 is 17.8 Å². The Balaban J connectivity index is 2.38. The van der Waals surface area contributed by atoms with Crippen LogP contribution in [-0.4, -0.2) is 34.7 Å². The van der Waals surface area contributed by atoms with Crippen LogP contribution in [0.4, 0.5) is 5.00 Å². The average Bonchev–Trinajstić information content (AvgIpc) is 3.11. The highest BCUT2D eigenvalue weighted by atomic mass is 32.1. The predicted octanol–water partition coefficient (Wildman–Crippen LogP) is 1.41. The molecule has 0 aliphatic rings. The van der Waals surface area contributed by atoms with E-state index >= 15 is 0 Å². The number of carbonyl (C=O) groups is 3. The van der Waals surface area contributed by atoms with Gasteiger partial charge in [-0.05, 0) is 19.4 Å². The number of aromatic nitrogens is 2. The Morgan fingerprint density at radius 2 is 2.13 bits per heavy atom. The van der Waals surface area contributed by atoms with Crippen molar-refractivity contribution in [1.82, 2.24) is 9.78 Å². The fourth-order valence-electron chi connectivity index (χ4n) is 2.01. The van der Waals surface area contributed by atoms with Crippen molar-refractivity contribution in [3.63, 3.8) is 0 Å². The van der Waals surface area contributed by atoms with Gasteiger partial charge >= 0.3 is 5.97 Å². The summed E-state index contributed by atoms with van der Waals surface area (Å²) in [7, 11) is 1.22. The normalized spacial score (nSPS) is 10.4. The topological polar surface area (TPSA) is 116 Å². The largest absolute Gasteiger partial charge is 0.465 e. The van der Waals surface area contributed by atoms with Gasteiger partial charge in [0, 0.05) is 12.7 Å². The molecular weight excluding hydrogens is 320 g/mol. The maximum atomic E-state index is 12.3. The van der Waals surface area contributed by atoms with Crippen molar-refractivity contribution in [3.8, 4) is 0 Å². The molecule has 0 fully saturated rings. The number of rotatable bonds is 5. The van der Waals surface area contributed by atoms with E-state index in [0.29, 0.717) is 17.7 Å². The van der Waals surface area contributed by atoms with Gasteiger partial charge in [-0.15, -0.1) is 11.3 Å². The van der Waals surface area contributed by atoms with Gasteiger partial charge in [-0.25, -0.2) is 4.79 Å². The number of nitrogens with one attached hydrogen (secondary N) is 1. The molecule has 3 N–H and O–H groups in total. The van der Waals surface area contributed by atoms with E-state index in [1.807, 2.05) is 6.92 Å². The Bertz CT molecular complexity index is 778. The molecule has 0 atom stereocenters. The third-order valence-corrected chi connectivity index (χ3v) is 4.43. The Hall–Kier alpha value is -2.68. The highest BCUT2D eigenvalue weighted by Crippen LogP contribution is 2.33. The molecule has 2 aromatic heterocycles. The van der Waals surface area contributed by atoms with Crippen molar-refractivity contribution in [2.45, 2.75) is 20.4 Å². The number of aryl methyl sites for hydroxylation is 1. The first-order chi connectivity index (χ1) is 10.9. The lowest BCUT2D eigenvalue weighted by Gasteiger charge is -2.04. The molecule has 8 nitrogen and oxygen atoms in total. The lowest BCUT2D eigenvalue weighted by molar-refractivity contribution is 0.0601. The first-order valence-electron chi connectivity index (χ1n) is 6.74. The van der Waals surface area contributed by atoms with E-state index in [4.69, 9.17) is 10.5 Å². The number of carbonyl (C=O) groups excluding carboxylic acids is 3. The number of methoxy groups -OCH3 is 1. The predicted molar refractivity (Wildman–Crippen MR) is 84.8 cm³/mol. The molecule has 0 radical (unpaired) electrons. The molecule has 0 aliphatic carbocycles. The molecular formula is C14H16N4O4S. The SMILES string of the molecule is CCn1cc(C(=O)Nc2sc(C(N)=O)c(C)c2C(=O)OC)cn1. The maximum Gasteiger partial charge on any atom is 0.341 e. The second-order valence-electron chi connectivity index (χ2n) is 4.65. The number of thiophene rings is 1. The Morgan fingerprint density at radius 3 is 2.65 bits per heavy atom. The summed E-state index contributed by atoms with van der Waals surface area (Å²) in [6.45, 7) is 4.10. The van der Waals surface area contributed by atoms with Crippen LogP contribution in [0.3, 0.4) is 0 Å². The number of amides is 2. The first-order valence-corrected chi connectivity index (χ1v) is 7.56. The van der Waals surface area contributed by atoms with Crippen LogP contribution in [-0.2, 0) is 11.3 Å². The average molecular weight is 336 g/mol. The summed E-state index contributed by atoms with van der Waals surface area (Å²) < 4.78 is 6.31. The third-order valence-electron chi connectivity index (χ3n) is 3.21. The highest BCUT2D eigenvalue weighted by molar-refractivity contribution is 7.18. The van der Waals surface area contributed by atoms with Gasteiger partial charge in [0.25, 0.3) is 11.8 Å². The van der Waals surface area contributed by atoms with Crippen molar-refractivity contribution in [3.05, 3.63) is 34.0 Å². The summed E-state index contributed by atoms with van der Waals surface area (Å²) in [5.41, 5.74) is 6.15. The summed E-state index contributed by atoms with van der Waals surface area (Å²) in [5, 5.41) is 6.85. The number of hydrogen-bond acceptors (Lipinski definition) is 6. The van der Waals surface area contributed by atoms with Crippen LogP contribution in [0.25, 0.3) is 0 Å². The zero-order chi connectivity index (χ0) is 17.1. The fraction of sp³-hybridized carbons (Fsp3) is 0.286. The molecule has 0 aromatic carbocycles. The molecule has 0 bridgehead atoms. The van der Waals surface area contributed by atoms with Gasteiger partial charge in [0.1, 0.15) is 5.00 Å². The van der Waals surface area contributed by atoms with E-state index in [-0.39, 0.29) is 15.4 Å². The molecule has 0 aliphatic heterocycles. The standard InChI is InChI=1S/C14H16N4O4S/c1-4-18-6-8(5-16-18)12(20)17-13-9(14(21)22-3)7(2)10(23-13)11(15)19/h5-6H,4H2,1-3H3,(H2,15,19)(H,17,20). The van der Waals surface area contributed by atoms with Gasteiger partial charge < -0.3 is 15.8 Å². The molecule has 0 saturated heterocycles. The molecule has 0 unspecified atom stereocenters. The van der Waals surface area contributed by atoms with Crippen LogP contribution in [0.1, 0.15) is 42.9 Å². The minimum absolute atomic E-state index is 0.127. The van der Waals surface area contributed by atoms with Crippen molar-refractivity contribution >= 4 is 34.1 Å². The molecule has 2 rings (SSSR count). The molecule has 0 spiro atoms.